The summed E-state index contributed by atoms with van der Waals surface area (Å²) in [6.45, 7) is 3.80. The second-order valence-corrected chi connectivity index (χ2v) is 8.80. The molecule has 3 aromatic rings. The van der Waals surface area contributed by atoms with Crippen molar-refractivity contribution in [2.75, 3.05) is 0 Å². The lowest BCUT2D eigenvalue weighted by Gasteiger charge is -2.22. The molecule has 1 aliphatic heterocycles. The van der Waals surface area contributed by atoms with E-state index < -0.39 is 21.0 Å². The molecule has 1 aliphatic rings. The van der Waals surface area contributed by atoms with Crippen LogP contribution in [0.3, 0.4) is 0 Å². The average Bonchev–Trinajstić information content (AvgIpc) is 3.02. The first-order valence-electron chi connectivity index (χ1n) is 9.05. The zero-order valence-corrected chi connectivity index (χ0v) is 16.8. The minimum Gasteiger partial charge on any atom is -0.465 e. The van der Waals surface area contributed by atoms with E-state index in [1.165, 1.54) is 18.4 Å². The molecular formula is C22H19NO5S. The summed E-state index contributed by atoms with van der Waals surface area (Å²) < 4.78 is 36.2. The van der Waals surface area contributed by atoms with E-state index in [4.69, 9.17) is 8.60 Å². The summed E-state index contributed by atoms with van der Waals surface area (Å²) in [6.07, 6.45) is 3.25. The van der Waals surface area contributed by atoms with Gasteiger partial charge in [0.25, 0.3) is 0 Å². The van der Waals surface area contributed by atoms with E-state index in [9.17, 15) is 13.2 Å². The molecule has 0 N–H and O–H groups in total. The molecule has 1 aromatic heterocycles. The maximum absolute atomic E-state index is 12.7. The molecule has 1 unspecified atom stereocenters. The first-order valence-corrected chi connectivity index (χ1v) is 10.5. The first-order chi connectivity index (χ1) is 13.8. The van der Waals surface area contributed by atoms with Crippen molar-refractivity contribution in [1.29, 1.82) is 0 Å². The highest BCUT2D eigenvalue weighted by atomic mass is 32.2. The zero-order valence-electron chi connectivity index (χ0n) is 16.0. The molecule has 4 rings (SSSR count). The van der Waals surface area contributed by atoms with Gasteiger partial charge in [0.1, 0.15) is 4.90 Å². The Bertz CT molecular complexity index is 1260. The van der Waals surface area contributed by atoms with Gasteiger partial charge in [-0.1, -0.05) is 35.9 Å². The molecular weight excluding hydrogens is 390 g/mol. The molecule has 2 heterocycles. The van der Waals surface area contributed by atoms with Crippen molar-refractivity contribution in [3.63, 3.8) is 0 Å². The Morgan fingerprint density at radius 3 is 2.55 bits per heavy atom. The fraction of sp³-hybridized carbons (Fsp3) is 0.182. The van der Waals surface area contributed by atoms with Crippen LogP contribution in [0.2, 0.25) is 0 Å². The van der Waals surface area contributed by atoms with Crippen molar-refractivity contribution in [3.8, 4) is 5.75 Å². The highest BCUT2D eigenvalue weighted by Gasteiger charge is 2.35. The molecule has 2 aromatic carbocycles. The van der Waals surface area contributed by atoms with E-state index in [2.05, 4.69) is 4.99 Å². The predicted molar refractivity (Wildman–Crippen MR) is 110 cm³/mol. The molecule has 6 nitrogen and oxygen atoms in total. The Kier molecular flexibility index (Phi) is 4.62. The van der Waals surface area contributed by atoms with Gasteiger partial charge in [-0.3, -0.25) is 9.79 Å². The number of aliphatic imine (C=N–C) groups is 1. The number of nitrogens with zero attached hydrogens (tertiary/aromatic N) is 1. The van der Waals surface area contributed by atoms with Gasteiger partial charge in [-0.15, -0.1) is 0 Å². The Balaban J connectivity index is 1.71. The maximum atomic E-state index is 12.7. The monoisotopic (exact) mass is 409 g/mol. The van der Waals surface area contributed by atoms with Gasteiger partial charge in [-0.2, -0.15) is 8.42 Å². The minimum atomic E-state index is -4.18. The number of hydrogen-bond acceptors (Lipinski definition) is 6. The summed E-state index contributed by atoms with van der Waals surface area (Å²) >= 11 is 0. The lowest BCUT2D eigenvalue weighted by Crippen LogP contribution is -2.26. The van der Waals surface area contributed by atoms with Gasteiger partial charge in [0, 0.05) is 24.1 Å². The number of aryl methyl sites for hydroxylation is 1. The third kappa shape index (κ3) is 3.61. The van der Waals surface area contributed by atoms with Crippen LogP contribution in [0.15, 0.2) is 80.0 Å². The SMILES string of the molecule is Cc1ccc(S(=O)(=O)Oc2c(CC3(C)C=Nc4ccccc43)occc2=O)cc1. The molecule has 1 atom stereocenters. The molecule has 0 bridgehead atoms. The third-order valence-corrected chi connectivity index (χ3v) is 6.18. The summed E-state index contributed by atoms with van der Waals surface area (Å²) in [5.74, 6) is -0.175. The summed E-state index contributed by atoms with van der Waals surface area (Å²) in [6, 6.07) is 15.0. The molecule has 0 saturated heterocycles. The molecule has 0 amide bonds. The zero-order chi connectivity index (χ0) is 20.6. The molecule has 0 fully saturated rings. The van der Waals surface area contributed by atoms with Crippen molar-refractivity contribution in [2.24, 2.45) is 4.99 Å². The molecule has 29 heavy (non-hydrogen) atoms. The minimum absolute atomic E-state index is 0.0312. The summed E-state index contributed by atoms with van der Waals surface area (Å²) in [5.41, 5.74) is 1.60. The summed E-state index contributed by atoms with van der Waals surface area (Å²) in [7, 11) is -4.18. The van der Waals surface area contributed by atoms with Crippen molar-refractivity contribution in [2.45, 2.75) is 30.6 Å². The van der Waals surface area contributed by atoms with Crippen molar-refractivity contribution in [3.05, 3.63) is 88.0 Å². The number of rotatable bonds is 5. The smallest absolute Gasteiger partial charge is 0.339 e. The number of fused-ring (bicyclic) bond motifs is 1. The fourth-order valence-electron chi connectivity index (χ4n) is 3.34. The van der Waals surface area contributed by atoms with Gasteiger partial charge >= 0.3 is 10.1 Å². The Morgan fingerprint density at radius 2 is 1.79 bits per heavy atom. The van der Waals surface area contributed by atoms with E-state index in [1.807, 2.05) is 38.1 Å². The normalized spacial score (nSPS) is 17.9. The quantitative estimate of drug-likeness (QED) is 0.596. The van der Waals surface area contributed by atoms with Crippen LogP contribution in [0.4, 0.5) is 5.69 Å². The van der Waals surface area contributed by atoms with Gasteiger partial charge in [-0.25, -0.2) is 0 Å². The van der Waals surface area contributed by atoms with Gasteiger partial charge in [0.05, 0.1) is 12.0 Å². The summed E-state index contributed by atoms with van der Waals surface area (Å²) in [4.78, 5) is 16.8. The average molecular weight is 409 g/mol. The van der Waals surface area contributed by atoms with Gasteiger partial charge < -0.3 is 8.60 Å². The van der Waals surface area contributed by atoms with E-state index in [-0.39, 0.29) is 22.8 Å². The van der Waals surface area contributed by atoms with Crippen LogP contribution in [0.5, 0.6) is 5.75 Å². The number of para-hydroxylation sites is 1. The van der Waals surface area contributed by atoms with Crippen LogP contribution in [-0.2, 0) is 22.0 Å². The highest BCUT2D eigenvalue weighted by molar-refractivity contribution is 7.87. The number of hydrogen-bond donors (Lipinski definition) is 0. The molecule has 148 valence electrons. The van der Waals surface area contributed by atoms with Crippen LogP contribution < -0.4 is 9.61 Å². The van der Waals surface area contributed by atoms with Gasteiger partial charge in [-0.05, 0) is 37.6 Å². The molecule has 0 spiro atoms. The van der Waals surface area contributed by atoms with Gasteiger partial charge in [0.2, 0.25) is 11.2 Å². The summed E-state index contributed by atoms with van der Waals surface area (Å²) in [5, 5.41) is 0. The van der Waals surface area contributed by atoms with E-state index in [0.29, 0.717) is 0 Å². The Morgan fingerprint density at radius 1 is 1.07 bits per heavy atom. The Hall–Kier alpha value is -3.19. The van der Waals surface area contributed by atoms with Crippen LogP contribution in [0.1, 0.15) is 23.8 Å². The largest absolute Gasteiger partial charge is 0.465 e. The second-order valence-electron chi connectivity index (χ2n) is 7.26. The Labute approximate surface area is 168 Å². The van der Waals surface area contributed by atoms with Crippen molar-refractivity contribution >= 4 is 22.0 Å². The molecule has 0 radical (unpaired) electrons. The molecule has 0 saturated carbocycles. The number of benzene rings is 2. The lowest BCUT2D eigenvalue weighted by molar-refractivity contribution is 0.412. The van der Waals surface area contributed by atoms with Crippen LogP contribution in [0, 0.1) is 6.92 Å². The topological polar surface area (TPSA) is 85.9 Å². The lowest BCUT2D eigenvalue weighted by atomic mass is 9.80. The van der Waals surface area contributed by atoms with E-state index >= 15 is 0 Å². The van der Waals surface area contributed by atoms with Crippen LogP contribution in [-0.4, -0.2) is 14.6 Å². The standard InChI is InChI=1S/C22H19NO5S/c1-15-7-9-16(10-8-15)29(25,26)28-21-19(24)11-12-27-20(21)13-22(2)14-23-18-6-4-3-5-17(18)22/h3-12,14H,13H2,1-2H3. The highest BCUT2D eigenvalue weighted by Crippen LogP contribution is 2.39. The van der Waals surface area contributed by atoms with Crippen LogP contribution in [0.25, 0.3) is 0 Å². The second kappa shape index (κ2) is 7.00. The van der Waals surface area contributed by atoms with Crippen molar-refractivity contribution in [1.82, 2.24) is 0 Å². The maximum Gasteiger partial charge on any atom is 0.339 e. The van der Waals surface area contributed by atoms with E-state index in [1.54, 1.807) is 18.3 Å². The molecule has 0 aliphatic carbocycles. The predicted octanol–water partition coefficient (Wildman–Crippen LogP) is 3.93. The van der Waals surface area contributed by atoms with Crippen molar-refractivity contribution < 1.29 is 17.0 Å². The third-order valence-electron chi connectivity index (χ3n) is 4.95. The molecule has 7 heteroatoms. The van der Waals surface area contributed by atoms with Gasteiger partial charge in [0.15, 0.2) is 5.76 Å². The first kappa shape index (κ1) is 19.1. The fourth-order valence-corrected chi connectivity index (χ4v) is 4.30. The van der Waals surface area contributed by atoms with Crippen LogP contribution >= 0.6 is 0 Å². The van der Waals surface area contributed by atoms with E-state index in [0.717, 1.165) is 22.9 Å².